The van der Waals surface area contributed by atoms with E-state index in [4.69, 9.17) is 0 Å². The Labute approximate surface area is 164 Å². The first-order valence-corrected chi connectivity index (χ1v) is 11.6. The van der Waals surface area contributed by atoms with Crippen LogP contribution in [0.3, 0.4) is 0 Å². The molecule has 0 aliphatic rings. The maximum absolute atomic E-state index is 12.2. The van der Waals surface area contributed by atoms with Gasteiger partial charge in [0.1, 0.15) is 0 Å². The van der Waals surface area contributed by atoms with Crippen LogP contribution in [0.4, 0.5) is 0 Å². The molecule has 2 aromatic carbocycles. The zero-order valence-electron chi connectivity index (χ0n) is 15.4. The second-order valence-corrected chi connectivity index (χ2v) is 9.77. The predicted molar refractivity (Wildman–Crippen MR) is 111 cm³/mol. The molecule has 0 spiro atoms. The van der Waals surface area contributed by atoms with E-state index in [9.17, 15) is 13.2 Å². The number of rotatable bonds is 7. The van der Waals surface area contributed by atoms with Gasteiger partial charge in [-0.3, -0.25) is 4.79 Å². The normalized spacial score (nSPS) is 12.8. The second-order valence-electron chi connectivity index (χ2n) is 6.85. The lowest BCUT2D eigenvalue weighted by Gasteiger charge is -2.14. The molecule has 6 heteroatoms. The molecule has 1 atom stereocenters. The van der Waals surface area contributed by atoms with Crippen molar-refractivity contribution in [2.75, 3.05) is 6.26 Å². The highest BCUT2D eigenvalue weighted by molar-refractivity contribution is 7.90. The van der Waals surface area contributed by atoms with E-state index >= 15 is 0 Å². The van der Waals surface area contributed by atoms with Crippen LogP contribution in [0, 0.1) is 0 Å². The van der Waals surface area contributed by atoms with Gasteiger partial charge in [-0.1, -0.05) is 30.3 Å². The minimum atomic E-state index is -3.19. The number of benzene rings is 2. The van der Waals surface area contributed by atoms with Crippen molar-refractivity contribution in [3.63, 3.8) is 0 Å². The highest BCUT2D eigenvalue weighted by Gasteiger charge is 2.12. The van der Waals surface area contributed by atoms with Crippen LogP contribution in [0.1, 0.15) is 24.5 Å². The van der Waals surface area contributed by atoms with Crippen molar-refractivity contribution in [3.05, 3.63) is 65.0 Å². The molecule has 1 aromatic heterocycles. The first-order valence-electron chi connectivity index (χ1n) is 8.86. The van der Waals surface area contributed by atoms with Gasteiger partial charge in [-0.05, 0) is 59.9 Å². The summed E-state index contributed by atoms with van der Waals surface area (Å²) < 4.78 is 24.2. The standard InChI is InChI=1S/C21H23NO3S2/c1-15(13-17-14-26-20-6-4-3-5-19(17)20)22-21(23)12-9-16-7-10-18(11-8-16)27(2,24)25/h3-8,10-11,14-15H,9,12-13H2,1-2H3,(H,22,23). The fraction of sp³-hybridized carbons (Fsp3) is 0.286. The number of thiophene rings is 1. The van der Waals surface area contributed by atoms with Gasteiger partial charge in [0.25, 0.3) is 0 Å². The van der Waals surface area contributed by atoms with Gasteiger partial charge in [-0.25, -0.2) is 8.42 Å². The highest BCUT2D eigenvalue weighted by atomic mass is 32.2. The Morgan fingerprint density at radius 3 is 2.52 bits per heavy atom. The van der Waals surface area contributed by atoms with Gasteiger partial charge >= 0.3 is 0 Å². The third-order valence-electron chi connectivity index (χ3n) is 4.49. The summed E-state index contributed by atoms with van der Waals surface area (Å²) in [5, 5.41) is 6.48. The highest BCUT2D eigenvalue weighted by Crippen LogP contribution is 2.26. The lowest BCUT2D eigenvalue weighted by atomic mass is 10.1. The number of nitrogens with one attached hydrogen (secondary N) is 1. The monoisotopic (exact) mass is 401 g/mol. The van der Waals surface area contributed by atoms with Crippen molar-refractivity contribution in [1.82, 2.24) is 5.32 Å². The molecule has 1 N–H and O–H groups in total. The molecule has 0 saturated heterocycles. The van der Waals surface area contributed by atoms with Gasteiger partial charge in [0.15, 0.2) is 9.84 Å². The fourth-order valence-corrected chi connectivity index (χ4v) is 4.69. The van der Waals surface area contributed by atoms with Crippen molar-refractivity contribution in [2.45, 2.75) is 37.1 Å². The largest absolute Gasteiger partial charge is 0.353 e. The van der Waals surface area contributed by atoms with Gasteiger partial charge in [0, 0.05) is 23.4 Å². The Hall–Kier alpha value is -2.18. The number of carbonyl (C=O) groups excluding carboxylic acids is 1. The average molecular weight is 402 g/mol. The summed E-state index contributed by atoms with van der Waals surface area (Å²) in [5.74, 6) is 0.00854. The Morgan fingerprint density at radius 2 is 1.81 bits per heavy atom. The zero-order valence-corrected chi connectivity index (χ0v) is 17.1. The van der Waals surface area contributed by atoms with Gasteiger partial charge in [-0.2, -0.15) is 0 Å². The molecule has 3 rings (SSSR count). The number of sulfone groups is 1. The molecule has 0 aliphatic heterocycles. The topological polar surface area (TPSA) is 63.2 Å². The van der Waals surface area contributed by atoms with Gasteiger partial charge < -0.3 is 5.32 Å². The molecule has 0 fully saturated rings. The fourth-order valence-electron chi connectivity index (χ4n) is 3.08. The van der Waals surface area contributed by atoms with Crippen LogP contribution in [-0.4, -0.2) is 26.6 Å². The number of amides is 1. The summed E-state index contributed by atoms with van der Waals surface area (Å²) in [6.07, 6.45) is 2.96. The third-order valence-corrected chi connectivity index (χ3v) is 6.63. The summed E-state index contributed by atoms with van der Waals surface area (Å²) in [4.78, 5) is 12.5. The molecule has 1 unspecified atom stereocenters. The van der Waals surface area contributed by atoms with Crippen molar-refractivity contribution in [1.29, 1.82) is 0 Å². The molecule has 0 saturated carbocycles. The molecule has 0 radical (unpaired) electrons. The maximum atomic E-state index is 12.2. The Morgan fingerprint density at radius 1 is 1.11 bits per heavy atom. The minimum absolute atomic E-state index is 0.00854. The van der Waals surface area contributed by atoms with E-state index in [2.05, 4.69) is 22.8 Å². The quantitative estimate of drug-likeness (QED) is 0.651. The van der Waals surface area contributed by atoms with Crippen molar-refractivity contribution < 1.29 is 13.2 Å². The number of aryl methyl sites for hydroxylation is 1. The van der Waals surface area contributed by atoms with E-state index in [0.29, 0.717) is 17.7 Å². The van der Waals surface area contributed by atoms with Crippen LogP contribution in [0.2, 0.25) is 0 Å². The van der Waals surface area contributed by atoms with Crippen molar-refractivity contribution in [3.8, 4) is 0 Å². The van der Waals surface area contributed by atoms with Gasteiger partial charge in [-0.15, -0.1) is 11.3 Å². The van der Waals surface area contributed by atoms with E-state index in [1.165, 1.54) is 21.9 Å². The van der Waals surface area contributed by atoms with Crippen LogP contribution in [0.15, 0.2) is 58.8 Å². The van der Waals surface area contributed by atoms with Crippen LogP contribution < -0.4 is 5.32 Å². The summed E-state index contributed by atoms with van der Waals surface area (Å²) in [6, 6.07) is 15.1. The second kappa shape index (κ2) is 8.23. The number of fused-ring (bicyclic) bond motifs is 1. The Balaban J connectivity index is 1.51. The van der Waals surface area contributed by atoms with Gasteiger partial charge in [0.2, 0.25) is 5.91 Å². The van der Waals surface area contributed by atoms with Crippen LogP contribution in [0.25, 0.3) is 10.1 Å². The van der Waals surface area contributed by atoms with Crippen LogP contribution >= 0.6 is 11.3 Å². The van der Waals surface area contributed by atoms with Crippen LogP contribution in [0.5, 0.6) is 0 Å². The molecule has 1 amide bonds. The SMILES string of the molecule is CC(Cc1csc2ccccc12)NC(=O)CCc1ccc(S(C)(=O)=O)cc1. The summed E-state index contributed by atoms with van der Waals surface area (Å²) in [5.41, 5.74) is 2.22. The van der Waals surface area contributed by atoms with Crippen LogP contribution in [-0.2, 0) is 27.5 Å². The molecule has 1 heterocycles. The Bertz CT molecular complexity index is 1040. The molecule has 3 aromatic rings. The van der Waals surface area contributed by atoms with E-state index in [1.54, 1.807) is 35.6 Å². The van der Waals surface area contributed by atoms with E-state index in [1.807, 2.05) is 19.1 Å². The van der Waals surface area contributed by atoms with Crippen molar-refractivity contribution in [2.24, 2.45) is 0 Å². The molecule has 27 heavy (non-hydrogen) atoms. The molecule has 0 aliphatic carbocycles. The summed E-state index contributed by atoms with van der Waals surface area (Å²) in [6.45, 7) is 2.02. The van der Waals surface area contributed by atoms with Gasteiger partial charge in [0.05, 0.1) is 4.90 Å². The molecular formula is C21H23NO3S2. The minimum Gasteiger partial charge on any atom is -0.353 e. The number of hydrogen-bond acceptors (Lipinski definition) is 4. The zero-order chi connectivity index (χ0) is 19.4. The van der Waals surface area contributed by atoms with E-state index in [0.717, 1.165) is 12.0 Å². The maximum Gasteiger partial charge on any atom is 0.220 e. The molecule has 0 bridgehead atoms. The summed E-state index contributed by atoms with van der Waals surface area (Å²) >= 11 is 1.73. The first kappa shape index (κ1) is 19.6. The summed E-state index contributed by atoms with van der Waals surface area (Å²) in [7, 11) is -3.19. The first-order chi connectivity index (χ1) is 12.8. The third kappa shape index (κ3) is 5.17. The lowest BCUT2D eigenvalue weighted by molar-refractivity contribution is -0.121. The number of carbonyl (C=O) groups is 1. The van der Waals surface area contributed by atoms with Crippen molar-refractivity contribution >= 4 is 37.2 Å². The smallest absolute Gasteiger partial charge is 0.220 e. The lowest BCUT2D eigenvalue weighted by Crippen LogP contribution is -2.34. The average Bonchev–Trinajstić information content (AvgIpc) is 3.02. The molecule has 4 nitrogen and oxygen atoms in total. The number of hydrogen-bond donors (Lipinski definition) is 1. The molecular weight excluding hydrogens is 378 g/mol. The molecule has 142 valence electrons. The van der Waals surface area contributed by atoms with E-state index in [-0.39, 0.29) is 11.9 Å². The van der Waals surface area contributed by atoms with E-state index < -0.39 is 9.84 Å². The predicted octanol–water partition coefficient (Wildman–Crippen LogP) is 3.98. The Kier molecular flexibility index (Phi) is 5.97.